The van der Waals surface area contributed by atoms with Gasteiger partial charge in [0, 0.05) is 22.9 Å². The predicted octanol–water partition coefficient (Wildman–Crippen LogP) is 5.23. The Morgan fingerprint density at radius 3 is 2.47 bits per heavy atom. The monoisotopic (exact) mass is 440 g/mol. The van der Waals surface area contributed by atoms with Crippen molar-refractivity contribution < 1.29 is 23.4 Å². The van der Waals surface area contributed by atoms with E-state index in [1.54, 1.807) is 35.3 Å². The van der Waals surface area contributed by atoms with Crippen molar-refractivity contribution >= 4 is 6.08 Å². The molecule has 0 radical (unpaired) electrons. The number of benzene rings is 2. The fourth-order valence-electron chi connectivity index (χ4n) is 5.27. The number of aromatic nitrogens is 2. The van der Waals surface area contributed by atoms with E-state index in [1.165, 1.54) is 24.3 Å². The lowest BCUT2D eigenvalue weighted by atomic mass is 9.88. The Morgan fingerprint density at radius 2 is 1.81 bits per heavy atom. The molecule has 0 bridgehead atoms. The molecule has 0 spiro atoms. The van der Waals surface area contributed by atoms with E-state index in [9.17, 15) is 23.4 Å². The third-order valence-electron chi connectivity index (χ3n) is 6.99. The standard InChI is InChI=1S/C25H23F3N2O2/c1-2-16-11-19(17-13-29-30(14-17)23(15-31)9-5-6-10-23)22-18-7-3-4-8-20(18)24(32,21(22)12-16)25(26,27)28/h2-4,7-8,11-14,31-32H,1,5-6,9-10,15H2. The van der Waals surface area contributed by atoms with Crippen LogP contribution in [0, 0.1) is 0 Å². The topological polar surface area (TPSA) is 58.3 Å². The highest BCUT2D eigenvalue weighted by atomic mass is 19.4. The van der Waals surface area contributed by atoms with Gasteiger partial charge in [0.15, 0.2) is 0 Å². The lowest BCUT2D eigenvalue weighted by molar-refractivity contribution is -0.246. The Balaban J connectivity index is 1.77. The van der Waals surface area contributed by atoms with Crippen LogP contribution in [0.25, 0.3) is 28.3 Å². The molecule has 4 nitrogen and oxygen atoms in total. The number of halogens is 3. The SMILES string of the molecule is C=Cc1cc(-c2cnn(C3(CO)CCCC3)c2)c2c(c1)C(O)(C(F)(F)F)c1ccccc1-2. The van der Waals surface area contributed by atoms with Crippen LogP contribution in [0.15, 0.2) is 55.4 Å². The molecule has 0 aliphatic heterocycles. The highest BCUT2D eigenvalue weighted by Gasteiger charge is 2.61. The van der Waals surface area contributed by atoms with Gasteiger partial charge in [-0.3, -0.25) is 4.68 Å². The number of aliphatic hydroxyl groups excluding tert-OH is 1. The van der Waals surface area contributed by atoms with Crippen LogP contribution in [0.5, 0.6) is 0 Å². The van der Waals surface area contributed by atoms with E-state index in [0.29, 0.717) is 27.8 Å². The molecule has 2 aliphatic rings. The lowest BCUT2D eigenvalue weighted by Gasteiger charge is -2.28. The van der Waals surface area contributed by atoms with Gasteiger partial charge < -0.3 is 10.2 Å². The second-order valence-electron chi connectivity index (χ2n) is 8.71. The van der Waals surface area contributed by atoms with Gasteiger partial charge in [0.1, 0.15) is 0 Å². The molecule has 1 unspecified atom stereocenters. The number of alkyl halides is 3. The smallest absolute Gasteiger partial charge is 0.394 e. The summed E-state index contributed by atoms with van der Waals surface area (Å²) in [7, 11) is 0. The normalized spacial score (nSPS) is 21.4. The minimum atomic E-state index is -4.90. The van der Waals surface area contributed by atoms with Crippen LogP contribution in [0.1, 0.15) is 42.4 Å². The van der Waals surface area contributed by atoms with Crippen LogP contribution in [-0.2, 0) is 11.1 Å². The summed E-state index contributed by atoms with van der Waals surface area (Å²) in [6, 6.07) is 9.22. The van der Waals surface area contributed by atoms with Gasteiger partial charge in [-0.1, -0.05) is 49.8 Å². The van der Waals surface area contributed by atoms with Gasteiger partial charge in [-0.2, -0.15) is 18.3 Å². The number of fused-ring (bicyclic) bond motifs is 3. The van der Waals surface area contributed by atoms with Crippen molar-refractivity contribution in [1.29, 1.82) is 0 Å². The third kappa shape index (κ3) is 2.74. The van der Waals surface area contributed by atoms with Crippen molar-refractivity contribution in [3.63, 3.8) is 0 Å². The minimum absolute atomic E-state index is 0.0460. The van der Waals surface area contributed by atoms with Crippen molar-refractivity contribution in [3.05, 3.63) is 72.1 Å². The maximum atomic E-state index is 14.3. The average Bonchev–Trinajstić information content (AvgIpc) is 3.51. The Bertz CT molecular complexity index is 1210. The van der Waals surface area contributed by atoms with E-state index in [2.05, 4.69) is 11.7 Å². The predicted molar refractivity (Wildman–Crippen MR) is 116 cm³/mol. The molecule has 32 heavy (non-hydrogen) atoms. The zero-order valence-corrected chi connectivity index (χ0v) is 17.4. The van der Waals surface area contributed by atoms with E-state index >= 15 is 0 Å². The Hall–Kier alpha value is -2.90. The molecule has 1 fully saturated rings. The van der Waals surface area contributed by atoms with Crippen molar-refractivity contribution in [2.45, 2.75) is 43.0 Å². The molecule has 1 atom stereocenters. The quantitative estimate of drug-likeness (QED) is 0.584. The van der Waals surface area contributed by atoms with E-state index < -0.39 is 17.3 Å². The first kappa shape index (κ1) is 21.0. The van der Waals surface area contributed by atoms with Crippen LogP contribution in [0.3, 0.4) is 0 Å². The van der Waals surface area contributed by atoms with Gasteiger partial charge >= 0.3 is 6.18 Å². The first-order valence-electron chi connectivity index (χ1n) is 10.6. The summed E-state index contributed by atoms with van der Waals surface area (Å²) in [6.45, 7) is 3.68. The number of aliphatic hydroxyl groups is 2. The number of hydrogen-bond acceptors (Lipinski definition) is 3. The maximum absolute atomic E-state index is 14.3. The van der Waals surface area contributed by atoms with E-state index in [-0.39, 0.29) is 17.7 Å². The van der Waals surface area contributed by atoms with Crippen molar-refractivity contribution in [1.82, 2.24) is 9.78 Å². The highest BCUT2D eigenvalue weighted by Crippen LogP contribution is 2.57. The van der Waals surface area contributed by atoms with E-state index in [0.717, 1.165) is 25.7 Å². The van der Waals surface area contributed by atoms with Gasteiger partial charge in [0.25, 0.3) is 0 Å². The number of nitrogens with zero attached hydrogens (tertiary/aromatic N) is 2. The second-order valence-corrected chi connectivity index (χ2v) is 8.71. The molecule has 7 heteroatoms. The fraction of sp³-hybridized carbons (Fsp3) is 0.320. The van der Waals surface area contributed by atoms with Gasteiger partial charge in [0.05, 0.1) is 18.3 Å². The summed E-state index contributed by atoms with van der Waals surface area (Å²) >= 11 is 0. The Morgan fingerprint density at radius 1 is 1.09 bits per heavy atom. The van der Waals surface area contributed by atoms with E-state index in [4.69, 9.17) is 0 Å². The van der Waals surface area contributed by atoms with Gasteiger partial charge in [-0.25, -0.2) is 0 Å². The third-order valence-corrected chi connectivity index (χ3v) is 6.99. The van der Waals surface area contributed by atoms with Crippen LogP contribution < -0.4 is 0 Å². The van der Waals surface area contributed by atoms with Crippen molar-refractivity contribution in [2.24, 2.45) is 0 Å². The minimum Gasteiger partial charge on any atom is -0.394 e. The second kappa shape index (κ2) is 7.05. The summed E-state index contributed by atoms with van der Waals surface area (Å²) in [6.07, 6.45) is 3.55. The summed E-state index contributed by atoms with van der Waals surface area (Å²) < 4.78 is 44.5. The molecule has 2 aliphatic carbocycles. The lowest BCUT2D eigenvalue weighted by Crippen LogP contribution is -2.41. The average molecular weight is 440 g/mol. The summed E-state index contributed by atoms with van der Waals surface area (Å²) in [5.74, 6) is 0. The molecule has 2 N–H and O–H groups in total. The first-order valence-corrected chi connectivity index (χ1v) is 10.6. The zero-order chi connectivity index (χ0) is 22.7. The molecule has 166 valence electrons. The molecular formula is C25H23F3N2O2. The Kier molecular flexibility index (Phi) is 4.62. The van der Waals surface area contributed by atoms with Crippen LogP contribution in [-0.4, -0.2) is 32.8 Å². The Labute approximate surface area is 183 Å². The molecule has 5 rings (SSSR count). The summed E-state index contributed by atoms with van der Waals surface area (Å²) in [5, 5.41) is 25.6. The summed E-state index contributed by atoms with van der Waals surface area (Å²) in [4.78, 5) is 0. The molecular weight excluding hydrogens is 417 g/mol. The highest BCUT2D eigenvalue weighted by molar-refractivity contribution is 5.93. The molecule has 0 amide bonds. The molecule has 0 saturated heterocycles. The fourth-order valence-corrected chi connectivity index (χ4v) is 5.27. The maximum Gasteiger partial charge on any atom is 0.425 e. The largest absolute Gasteiger partial charge is 0.425 e. The molecule has 3 aromatic rings. The van der Waals surface area contributed by atoms with Crippen LogP contribution in [0.4, 0.5) is 13.2 Å². The van der Waals surface area contributed by atoms with Crippen molar-refractivity contribution in [2.75, 3.05) is 6.61 Å². The van der Waals surface area contributed by atoms with Gasteiger partial charge in [0.2, 0.25) is 5.60 Å². The van der Waals surface area contributed by atoms with Gasteiger partial charge in [-0.05, 0) is 47.2 Å². The van der Waals surface area contributed by atoms with Crippen LogP contribution in [0.2, 0.25) is 0 Å². The molecule has 1 aromatic heterocycles. The summed E-state index contributed by atoms with van der Waals surface area (Å²) in [5.41, 5.74) is -1.65. The molecule has 1 heterocycles. The van der Waals surface area contributed by atoms with Crippen LogP contribution >= 0.6 is 0 Å². The van der Waals surface area contributed by atoms with Crippen molar-refractivity contribution in [3.8, 4) is 22.3 Å². The van der Waals surface area contributed by atoms with E-state index in [1.807, 2.05) is 0 Å². The number of hydrogen-bond donors (Lipinski definition) is 2. The molecule has 1 saturated carbocycles. The number of rotatable bonds is 4. The first-order chi connectivity index (χ1) is 15.2. The zero-order valence-electron chi connectivity index (χ0n) is 17.4. The van der Waals surface area contributed by atoms with Gasteiger partial charge in [-0.15, -0.1) is 0 Å². The molecule has 2 aromatic carbocycles.